The predicted octanol–water partition coefficient (Wildman–Crippen LogP) is 4.22. The van der Waals surface area contributed by atoms with Gasteiger partial charge in [0, 0.05) is 29.2 Å². The van der Waals surface area contributed by atoms with E-state index in [0.29, 0.717) is 6.54 Å². The Kier molecular flexibility index (Phi) is 6.53. The molecule has 0 atom stereocenters. The lowest BCUT2D eigenvalue weighted by Crippen LogP contribution is -2.34. The van der Waals surface area contributed by atoms with Crippen LogP contribution in [-0.4, -0.2) is 34.3 Å². The molecule has 0 spiro atoms. The van der Waals surface area contributed by atoms with Gasteiger partial charge in [-0.15, -0.1) is 5.10 Å². The summed E-state index contributed by atoms with van der Waals surface area (Å²) in [6, 6.07) is 10.2. The Labute approximate surface area is 193 Å². The van der Waals surface area contributed by atoms with Gasteiger partial charge in [0.05, 0.1) is 18.4 Å². The molecule has 3 heterocycles. The Morgan fingerprint density at radius 1 is 1.03 bits per heavy atom. The average molecular weight is 446 g/mol. The SMILES string of the molecule is CCCCCc1cn(C(C)(C)C)c(=O)n1Cc1ccc(-c2ccncc2-n2cnnn2)cc1. The van der Waals surface area contributed by atoms with E-state index in [9.17, 15) is 4.79 Å². The summed E-state index contributed by atoms with van der Waals surface area (Å²) in [5.74, 6) is 0. The molecule has 0 fully saturated rings. The Morgan fingerprint density at radius 3 is 2.48 bits per heavy atom. The molecule has 0 amide bonds. The van der Waals surface area contributed by atoms with Crippen LogP contribution in [0.15, 0.2) is 60.0 Å². The van der Waals surface area contributed by atoms with Crippen LogP contribution < -0.4 is 5.69 Å². The van der Waals surface area contributed by atoms with Crippen LogP contribution in [0.3, 0.4) is 0 Å². The molecule has 0 radical (unpaired) electrons. The molecular weight excluding hydrogens is 414 g/mol. The van der Waals surface area contributed by atoms with E-state index in [1.54, 1.807) is 23.4 Å². The van der Waals surface area contributed by atoms with Crippen LogP contribution in [0.25, 0.3) is 16.8 Å². The summed E-state index contributed by atoms with van der Waals surface area (Å²) in [6.45, 7) is 8.96. The van der Waals surface area contributed by atoms with E-state index in [1.165, 1.54) is 6.42 Å². The number of nitrogens with zero attached hydrogens (tertiary/aromatic N) is 7. The van der Waals surface area contributed by atoms with Crippen molar-refractivity contribution < 1.29 is 0 Å². The van der Waals surface area contributed by atoms with Gasteiger partial charge in [-0.1, -0.05) is 44.0 Å². The molecule has 33 heavy (non-hydrogen) atoms. The summed E-state index contributed by atoms with van der Waals surface area (Å²) in [4.78, 5) is 17.5. The van der Waals surface area contributed by atoms with Crippen LogP contribution in [0.4, 0.5) is 0 Å². The molecule has 0 aliphatic heterocycles. The maximum atomic E-state index is 13.2. The highest BCUT2D eigenvalue weighted by molar-refractivity contribution is 5.72. The number of hydrogen-bond acceptors (Lipinski definition) is 5. The quantitative estimate of drug-likeness (QED) is 0.379. The zero-order chi connectivity index (χ0) is 23.4. The largest absolute Gasteiger partial charge is 0.329 e. The van der Waals surface area contributed by atoms with Gasteiger partial charge in [0.1, 0.15) is 6.33 Å². The molecule has 172 valence electrons. The van der Waals surface area contributed by atoms with E-state index >= 15 is 0 Å². The third-order valence-corrected chi connectivity index (χ3v) is 5.82. The molecule has 0 aliphatic carbocycles. The molecule has 4 aromatic rings. The van der Waals surface area contributed by atoms with Crippen molar-refractivity contribution in [3.8, 4) is 16.8 Å². The minimum absolute atomic E-state index is 0.0492. The summed E-state index contributed by atoms with van der Waals surface area (Å²) in [7, 11) is 0. The highest BCUT2D eigenvalue weighted by atomic mass is 16.1. The van der Waals surface area contributed by atoms with Gasteiger partial charge in [0.2, 0.25) is 0 Å². The molecule has 4 rings (SSSR count). The van der Waals surface area contributed by atoms with E-state index in [4.69, 9.17) is 0 Å². The Bertz CT molecular complexity index is 1250. The first kappa shape index (κ1) is 22.6. The van der Waals surface area contributed by atoms with E-state index < -0.39 is 0 Å². The Balaban J connectivity index is 1.63. The van der Waals surface area contributed by atoms with Gasteiger partial charge < -0.3 is 0 Å². The van der Waals surface area contributed by atoms with Crippen LogP contribution in [0.2, 0.25) is 0 Å². The van der Waals surface area contributed by atoms with Crippen molar-refractivity contribution >= 4 is 0 Å². The normalized spacial score (nSPS) is 11.8. The lowest BCUT2D eigenvalue weighted by molar-refractivity contribution is 0.380. The molecule has 0 bridgehead atoms. The fraction of sp³-hybridized carbons (Fsp3) is 0.400. The molecular formula is C25H31N7O. The van der Waals surface area contributed by atoms with Crippen molar-refractivity contribution in [2.45, 2.75) is 65.5 Å². The minimum Gasteiger partial charge on any atom is -0.294 e. The molecule has 0 N–H and O–H groups in total. The molecule has 0 saturated carbocycles. The summed E-state index contributed by atoms with van der Waals surface area (Å²) in [5, 5.41) is 11.4. The van der Waals surface area contributed by atoms with Crippen LogP contribution in [0.1, 0.15) is 58.2 Å². The van der Waals surface area contributed by atoms with Crippen LogP contribution in [-0.2, 0) is 18.5 Å². The van der Waals surface area contributed by atoms with Gasteiger partial charge >= 0.3 is 5.69 Å². The average Bonchev–Trinajstić information content (AvgIpc) is 3.44. The maximum Gasteiger partial charge on any atom is 0.329 e. The van der Waals surface area contributed by atoms with Gasteiger partial charge in [-0.25, -0.2) is 4.79 Å². The van der Waals surface area contributed by atoms with E-state index in [-0.39, 0.29) is 11.2 Å². The van der Waals surface area contributed by atoms with Gasteiger partial charge in [-0.05, 0) is 61.2 Å². The van der Waals surface area contributed by atoms with Crippen LogP contribution in [0, 0.1) is 0 Å². The second-order valence-electron chi connectivity index (χ2n) is 9.33. The van der Waals surface area contributed by atoms with Crippen molar-refractivity contribution in [3.05, 3.63) is 77.0 Å². The standard InChI is InChI=1S/C25H31N7O/c1-5-6-7-8-21-17-31(25(2,3)4)24(33)30(21)16-19-9-11-20(12-10-19)22-13-14-26-15-23(22)32-18-27-28-29-32/h9-15,17-18H,5-8,16H2,1-4H3. The van der Waals surface area contributed by atoms with E-state index in [1.807, 2.05) is 21.4 Å². The van der Waals surface area contributed by atoms with E-state index in [2.05, 4.69) is 72.5 Å². The molecule has 0 aliphatic rings. The topological polar surface area (TPSA) is 83.4 Å². The summed E-state index contributed by atoms with van der Waals surface area (Å²) in [6.07, 6.45) is 11.4. The number of unbranched alkanes of at least 4 members (excludes halogenated alkanes) is 2. The maximum absolute atomic E-state index is 13.2. The lowest BCUT2D eigenvalue weighted by atomic mass is 10.0. The molecule has 0 saturated heterocycles. The number of imidazole rings is 1. The number of aryl methyl sites for hydroxylation is 1. The minimum atomic E-state index is -0.250. The van der Waals surface area contributed by atoms with Crippen molar-refractivity contribution in [3.63, 3.8) is 0 Å². The lowest BCUT2D eigenvalue weighted by Gasteiger charge is -2.19. The first-order chi connectivity index (χ1) is 15.9. The van der Waals surface area contributed by atoms with Gasteiger partial charge in [0.15, 0.2) is 0 Å². The number of tetrazole rings is 1. The molecule has 8 heteroatoms. The van der Waals surface area contributed by atoms with Crippen molar-refractivity contribution in [2.75, 3.05) is 0 Å². The van der Waals surface area contributed by atoms with Crippen molar-refractivity contribution in [1.82, 2.24) is 34.3 Å². The highest BCUT2D eigenvalue weighted by Gasteiger charge is 2.20. The monoisotopic (exact) mass is 445 g/mol. The Hall–Kier alpha value is -3.55. The number of aromatic nitrogens is 7. The van der Waals surface area contributed by atoms with Crippen molar-refractivity contribution in [1.29, 1.82) is 0 Å². The number of rotatable bonds is 8. The predicted molar refractivity (Wildman–Crippen MR) is 128 cm³/mol. The zero-order valence-electron chi connectivity index (χ0n) is 19.8. The third-order valence-electron chi connectivity index (χ3n) is 5.82. The van der Waals surface area contributed by atoms with Crippen molar-refractivity contribution in [2.24, 2.45) is 0 Å². The number of pyridine rings is 1. The van der Waals surface area contributed by atoms with Gasteiger partial charge in [-0.3, -0.25) is 14.1 Å². The molecule has 1 aromatic carbocycles. The fourth-order valence-corrected chi connectivity index (χ4v) is 3.99. The molecule has 0 unspecified atom stereocenters. The van der Waals surface area contributed by atoms with E-state index in [0.717, 1.165) is 47.3 Å². The van der Waals surface area contributed by atoms with Crippen LogP contribution in [0.5, 0.6) is 0 Å². The second-order valence-corrected chi connectivity index (χ2v) is 9.33. The highest BCUT2D eigenvalue weighted by Crippen LogP contribution is 2.26. The number of benzene rings is 1. The zero-order valence-corrected chi connectivity index (χ0v) is 19.8. The number of hydrogen-bond donors (Lipinski definition) is 0. The third kappa shape index (κ3) is 4.94. The first-order valence-corrected chi connectivity index (χ1v) is 11.5. The van der Waals surface area contributed by atoms with Gasteiger partial charge in [0.25, 0.3) is 0 Å². The summed E-state index contributed by atoms with van der Waals surface area (Å²) >= 11 is 0. The second kappa shape index (κ2) is 9.52. The summed E-state index contributed by atoms with van der Waals surface area (Å²) < 4.78 is 5.39. The molecule has 8 nitrogen and oxygen atoms in total. The smallest absolute Gasteiger partial charge is 0.294 e. The molecule has 3 aromatic heterocycles. The Morgan fingerprint density at radius 2 is 1.82 bits per heavy atom. The fourth-order valence-electron chi connectivity index (χ4n) is 3.99. The summed E-state index contributed by atoms with van der Waals surface area (Å²) in [5.41, 5.74) is 4.82. The van der Waals surface area contributed by atoms with Gasteiger partial charge in [-0.2, -0.15) is 4.68 Å². The first-order valence-electron chi connectivity index (χ1n) is 11.5. The van der Waals surface area contributed by atoms with Crippen LogP contribution >= 0.6 is 0 Å².